The van der Waals surface area contributed by atoms with Crippen LogP contribution in [0.15, 0.2) is 48.5 Å². The molecule has 0 fully saturated rings. The van der Waals surface area contributed by atoms with Gasteiger partial charge in [0.25, 0.3) is 0 Å². The highest BCUT2D eigenvalue weighted by atomic mass is 16.6. The number of amides is 3. The second kappa shape index (κ2) is 11.7. The van der Waals surface area contributed by atoms with E-state index in [1.54, 1.807) is 27.7 Å². The Hall–Kier alpha value is -3.59. The van der Waals surface area contributed by atoms with Crippen molar-refractivity contribution >= 4 is 18.1 Å². The Kier molecular flexibility index (Phi) is 8.70. The summed E-state index contributed by atoms with van der Waals surface area (Å²) >= 11 is 0. The zero-order valence-electron chi connectivity index (χ0n) is 20.6. The summed E-state index contributed by atoms with van der Waals surface area (Å²) in [5.41, 5.74) is 3.94. The standard InChI is InChI=1S/C26H33N3O6/c1-17(13-27-25(32)35-26(2,3)4)34-16-29-23(30)14-28-24(31)33-15-22-20-11-7-5-9-18(20)19-10-6-8-12-21(19)22/h5-12,17,22H,13-16H2,1-4H3,(H,27,32)(H,28,31)(H,29,30)/t17-/m0/s1. The van der Waals surface area contributed by atoms with E-state index in [1.165, 1.54) is 0 Å². The molecule has 9 heteroatoms. The molecule has 0 saturated carbocycles. The first-order valence-corrected chi connectivity index (χ1v) is 11.6. The fraction of sp³-hybridized carbons (Fsp3) is 0.423. The number of hydrogen-bond donors (Lipinski definition) is 3. The summed E-state index contributed by atoms with van der Waals surface area (Å²) in [6.45, 7) is 7.16. The highest BCUT2D eigenvalue weighted by Gasteiger charge is 2.29. The van der Waals surface area contributed by atoms with E-state index in [-0.39, 0.29) is 38.4 Å². The van der Waals surface area contributed by atoms with Crippen LogP contribution in [0.1, 0.15) is 44.7 Å². The number of carbonyl (C=O) groups excluding carboxylic acids is 3. The smallest absolute Gasteiger partial charge is 0.407 e. The number of nitrogens with one attached hydrogen (secondary N) is 3. The van der Waals surface area contributed by atoms with E-state index in [9.17, 15) is 14.4 Å². The fourth-order valence-corrected chi connectivity index (χ4v) is 3.73. The molecule has 1 aliphatic rings. The van der Waals surface area contributed by atoms with Gasteiger partial charge in [-0.1, -0.05) is 48.5 Å². The highest BCUT2D eigenvalue weighted by molar-refractivity contribution is 5.82. The van der Waals surface area contributed by atoms with Crippen LogP contribution in [0.2, 0.25) is 0 Å². The van der Waals surface area contributed by atoms with Crippen LogP contribution in [0.3, 0.4) is 0 Å². The quantitative estimate of drug-likeness (QED) is 0.470. The molecule has 0 heterocycles. The fourth-order valence-electron chi connectivity index (χ4n) is 3.73. The number of hydrogen-bond acceptors (Lipinski definition) is 6. The van der Waals surface area contributed by atoms with Crippen molar-refractivity contribution < 1.29 is 28.6 Å². The van der Waals surface area contributed by atoms with Crippen molar-refractivity contribution in [1.29, 1.82) is 0 Å². The Bertz CT molecular complexity index is 1000. The first-order chi connectivity index (χ1) is 16.6. The molecule has 0 radical (unpaired) electrons. The van der Waals surface area contributed by atoms with Gasteiger partial charge in [-0.05, 0) is 49.9 Å². The van der Waals surface area contributed by atoms with Crippen molar-refractivity contribution in [3.05, 3.63) is 59.7 Å². The molecule has 0 aromatic heterocycles. The largest absolute Gasteiger partial charge is 0.449 e. The molecule has 2 aromatic carbocycles. The Balaban J connectivity index is 1.33. The van der Waals surface area contributed by atoms with Crippen molar-refractivity contribution in [2.75, 3.05) is 26.4 Å². The van der Waals surface area contributed by atoms with Gasteiger partial charge in [0.1, 0.15) is 25.5 Å². The van der Waals surface area contributed by atoms with Crippen LogP contribution in [-0.4, -0.2) is 56.2 Å². The number of alkyl carbamates (subject to hydrolysis) is 2. The predicted octanol–water partition coefficient (Wildman–Crippen LogP) is 3.53. The predicted molar refractivity (Wildman–Crippen MR) is 131 cm³/mol. The minimum atomic E-state index is -0.669. The molecule has 0 saturated heterocycles. The van der Waals surface area contributed by atoms with E-state index >= 15 is 0 Å². The second-order valence-corrected chi connectivity index (χ2v) is 9.28. The number of fused-ring (bicyclic) bond motifs is 3. The third-order valence-corrected chi connectivity index (χ3v) is 5.31. The maximum absolute atomic E-state index is 12.2. The van der Waals surface area contributed by atoms with Gasteiger partial charge < -0.3 is 30.2 Å². The van der Waals surface area contributed by atoms with Gasteiger partial charge in [0.2, 0.25) is 5.91 Å². The molecule has 188 valence electrons. The lowest BCUT2D eigenvalue weighted by Crippen LogP contribution is -2.40. The van der Waals surface area contributed by atoms with Crippen LogP contribution in [0.5, 0.6) is 0 Å². The first kappa shape index (κ1) is 26.0. The molecule has 0 aliphatic heterocycles. The van der Waals surface area contributed by atoms with Gasteiger partial charge in [-0.2, -0.15) is 0 Å². The summed E-state index contributed by atoms with van der Waals surface area (Å²) in [5.74, 6) is -0.475. The summed E-state index contributed by atoms with van der Waals surface area (Å²) in [5, 5.41) is 7.59. The summed E-state index contributed by atoms with van der Waals surface area (Å²) in [6.07, 6.45) is -1.56. The zero-order valence-corrected chi connectivity index (χ0v) is 20.6. The van der Waals surface area contributed by atoms with Crippen LogP contribution in [0.25, 0.3) is 11.1 Å². The van der Waals surface area contributed by atoms with Crippen molar-refractivity contribution in [3.63, 3.8) is 0 Å². The van der Waals surface area contributed by atoms with E-state index < -0.39 is 23.7 Å². The summed E-state index contributed by atoms with van der Waals surface area (Å²) in [7, 11) is 0. The van der Waals surface area contributed by atoms with E-state index in [1.807, 2.05) is 36.4 Å². The minimum absolute atomic E-state index is 0.0499. The Morgan fingerprint density at radius 1 is 0.886 bits per heavy atom. The average molecular weight is 484 g/mol. The normalized spacial score (nSPS) is 13.3. The van der Waals surface area contributed by atoms with Crippen LogP contribution in [0, 0.1) is 0 Å². The maximum Gasteiger partial charge on any atom is 0.407 e. The van der Waals surface area contributed by atoms with E-state index in [0.29, 0.717) is 0 Å². The van der Waals surface area contributed by atoms with Crippen LogP contribution >= 0.6 is 0 Å². The first-order valence-electron chi connectivity index (χ1n) is 11.6. The Morgan fingerprint density at radius 2 is 1.49 bits per heavy atom. The Labute approximate surface area is 205 Å². The maximum atomic E-state index is 12.2. The van der Waals surface area contributed by atoms with Crippen LogP contribution < -0.4 is 16.0 Å². The summed E-state index contributed by atoms with van der Waals surface area (Å²) < 4.78 is 16.0. The molecule has 0 bridgehead atoms. The number of benzene rings is 2. The monoisotopic (exact) mass is 483 g/mol. The number of rotatable bonds is 9. The highest BCUT2D eigenvalue weighted by Crippen LogP contribution is 2.44. The summed E-state index contributed by atoms with van der Waals surface area (Å²) in [4.78, 5) is 35.8. The van der Waals surface area contributed by atoms with Gasteiger partial charge in [-0.3, -0.25) is 4.79 Å². The third-order valence-electron chi connectivity index (χ3n) is 5.31. The molecule has 3 amide bonds. The number of ether oxygens (including phenoxy) is 3. The van der Waals surface area contributed by atoms with Gasteiger partial charge >= 0.3 is 12.2 Å². The minimum Gasteiger partial charge on any atom is -0.449 e. The van der Waals surface area contributed by atoms with Crippen molar-refractivity contribution in [2.24, 2.45) is 0 Å². The van der Waals surface area contributed by atoms with Crippen LogP contribution in [0.4, 0.5) is 9.59 Å². The van der Waals surface area contributed by atoms with Gasteiger partial charge in [-0.15, -0.1) is 0 Å². The lowest BCUT2D eigenvalue weighted by Gasteiger charge is -2.21. The molecule has 35 heavy (non-hydrogen) atoms. The Morgan fingerprint density at radius 3 is 2.09 bits per heavy atom. The molecule has 0 spiro atoms. The lowest BCUT2D eigenvalue weighted by molar-refractivity contribution is -0.122. The zero-order chi connectivity index (χ0) is 25.4. The molecule has 3 N–H and O–H groups in total. The van der Waals surface area contributed by atoms with Crippen molar-refractivity contribution in [3.8, 4) is 11.1 Å². The van der Waals surface area contributed by atoms with Gasteiger partial charge in [0.15, 0.2) is 0 Å². The molecule has 2 aromatic rings. The molecule has 1 atom stereocenters. The van der Waals surface area contributed by atoms with Crippen molar-refractivity contribution in [1.82, 2.24) is 16.0 Å². The van der Waals surface area contributed by atoms with Gasteiger partial charge in [0, 0.05) is 12.5 Å². The van der Waals surface area contributed by atoms with E-state index in [0.717, 1.165) is 22.3 Å². The van der Waals surface area contributed by atoms with E-state index in [4.69, 9.17) is 14.2 Å². The van der Waals surface area contributed by atoms with E-state index in [2.05, 4.69) is 28.1 Å². The van der Waals surface area contributed by atoms with Gasteiger partial charge in [0.05, 0.1) is 6.10 Å². The molecule has 3 rings (SSSR count). The lowest BCUT2D eigenvalue weighted by atomic mass is 9.98. The SMILES string of the molecule is C[C@@H](CNC(=O)OC(C)(C)C)OCNC(=O)CNC(=O)OCC1c2ccccc2-c2ccccc21. The molecule has 0 unspecified atom stereocenters. The summed E-state index contributed by atoms with van der Waals surface area (Å²) in [6, 6.07) is 16.1. The second-order valence-electron chi connectivity index (χ2n) is 9.28. The average Bonchev–Trinajstić information content (AvgIpc) is 3.13. The van der Waals surface area contributed by atoms with Gasteiger partial charge in [-0.25, -0.2) is 9.59 Å². The molecular formula is C26H33N3O6. The molecular weight excluding hydrogens is 450 g/mol. The molecule has 1 aliphatic carbocycles. The topological polar surface area (TPSA) is 115 Å². The third kappa shape index (κ3) is 7.71. The van der Waals surface area contributed by atoms with Crippen molar-refractivity contribution in [2.45, 2.75) is 45.3 Å². The van der Waals surface area contributed by atoms with Crippen LogP contribution in [-0.2, 0) is 19.0 Å². The number of carbonyl (C=O) groups is 3. The molecule has 9 nitrogen and oxygen atoms in total.